The lowest BCUT2D eigenvalue weighted by Crippen LogP contribution is -2.25. The largest absolute Gasteiger partial charge is 0.495 e. The van der Waals surface area contributed by atoms with Crippen LogP contribution in [0.2, 0.25) is 0 Å². The van der Waals surface area contributed by atoms with Gasteiger partial charge in [-0.15, -0.1) is 5.10 Å². The van der Waals surface area contributed by atoms with Crippen LogP contribution in [0.3, 0.4) is 0 Å². The van der Waals surface area contributed by atoms with Crippen LogP contribution in [0.1, 0.15) is 29.1 Å². The average molecular weight is 288 g/mol. The summed E-state index contributed by atoms with van der Waals surface area (Å²) >= 11 is 0. The van der Waals surface area contributed by atoms with Gasteiger partial charge in [0.15, 0.2) is 6.29 Å². The topological polar surface area (TPSA) is 86.1 Å². The predicted octanol–water partition coefficient (Wildman–Crippen LogP) is 1.61. The van der Waals surface area contributed by atoms with Crippen LogP contribution in [0.25, 0.3) is 0 Å². The lowest BCUT2D eigenvalue weighted by atomic mass is 10.2. The molecule has 0 saturated heterocycles. The van der Waals surface area contributed by atoms with Crippen LogP contribution in [-0.4, -0.2) is 34.3 Å². The zero-order chi connectivity index (χ0) is 15.4. The molecule has 21 heavy (non-hydrogen) atoms. The van der Waals surface area contributed by atoms with Crippen molar-refractivity contribution in [1.29, 1.82) is 0 Å². The maximum Gasteiger partial charge on any atom is 0.249 e. The van der Waals surface area contributed by atoms with Crippen molar-refractivity contribution in [3.05, 3.63) is 35.7 Å². The number of aldehydes is 1. The number of methoxy groups -OCH3 is 1. The maximum absolute atomic E-state index is 12.3. The minimum atomic E-state index is -0.601. The third kappa shape index (κ3) is 2.91. The predicted molar refractivity (Wildman–Crippen MR) is 76.5 cm³/mol. The molecule has 1 heterocycles. The van der Waals surface area contributed by atoms with Crippen LogP contribution in [0, 0.1) is 6.92 Å². The quantitative estimate of drug-likeness (QED) is 0.845. The van der Waals surface area contributed by atoms with Crippen LogP contribution < -0.4 is 10.1 Å². The zero-order valence-electron chi connectivity index (χ0n) is 12.0. The van der Waals surface area contributed by atoms with Crippen molar-refractivity contribution in [2.24, 2.45) is 0 Å². The van der Waals surface area contributed by atoms with Gasteiger partial charge >= 0.3 is 0 Å². The normalized spacial score (nSPS) is 11.8. The van der Waals surface area contributed by atoms with Gasteiger partial charge in [-0.3, -0.25) is 9.59 Å². The third-order valence-electron chi connectivity index (χ3n) is 3.19. The first-order chi connectivity index (χ1) is 10.1. The van der Waals surface area contributed by atoms with Gasteiger partial charge in [0.05, 0.1) is 18.5 Å². The molecule has 1 aromatic heterocycles. The Labute approximate surface area is 121 Å². The van der Waals surface area contributed by atoms with Crippen molar-refractivity contribution in [1.82, 2.24) is 15.0 Å². The van der Waals surface area contributed by atoms with E-state index < -0.39 is 6.04 Å². The molecule has 1 atom stereocenters. The Morgan fingerprint density at radius 3 is 2.76 bits per heavy atom. The van der Waals surface area contributed by atoms with E-state index >= 15 is 0 Å². The summed E-state index contributed by atoms with van der Waals surface area (Å²) in [5.74, 6) is 0.298. The highest BCUT2D eigenvalue weighted by atomic mass is 16.5. The molecule has 2 rings (SSSR count). The third-order valence-corrected chi connectivity index (χ3v) is 3.19. The fraction of sp³-hybridized carbons (Fsp3) is 0.286. The minimum absolute atomic E-state index is 0.229. The second-order valence-corrected chi connectivity index (χ2v) is 4.49. The molecule has 0 saturated carbocycles. The van der Waals surface area contributed by atoms with E-state index in [2.05, 4.69) is 15.6 Å². The summed E-state index contributed by atoms with van der Waals surface area (Å²) in [6.45, 7) is 3.37. The number of para-hydroxylation sites is 2. The molecule has 1 amide bonds. The van der Waals surface area contributed by atoms with Gasteiger partial charge in [-0.05, 0) is 26.0 Å². The summed E-state index contributed by atoms with van der Waals surface area (Å²) in [4.78, 5) is 23.1. The smallest absolute Gasteiger partial charge is 0.249 e. The molecule has 0 bridgehead atoms. The molecule has 1 N–H and O–H groups in total. The van der Waals surface area contributed by atoms with Crippen molar-refractivity contribution in [2.45, 2.75) is 19.9 Å². The number of aromatic nitrogens is 3. The van der Waals surface area contributed by atoms with Crippen molar-refractivity contribution < 1.29 is 14.3 Å². The fourth-order valence-corrected chi connectivity index (χ4v) is 1.93. The molecular formula is C14H16N4O3. The van der Waals surface area contributed by atoms with Gasteiger partial charge in [0, 0.05) is 0 Å². The molecule has 0 radical (unpaired) electrons. The number of nitrogens with zero attached hydrogens (tertiary/aromatic N) is 3. The van der Waals surface area contributed by atoms with E-state index in [0.717, 1.165) is 0 Å². The number of rotatable bonds is 5. The van der Waals surface area contributed by atoms with Crippen molar-refractivity contribution >= 4 is 17.9 Å². The van der Waals surface area contributed by atoms with E-state index in [4.69, 9.17) is 4.74 Å². The van der Waals surface area contributed by atoms with Crippen LogP contribution >= 0.6 is 0 Å². The molecular weight excluding hydrogens is 272 g/mol. The molecule has 110 valence electrons. The number of benzene rings is 1. The Morgan fingerprint density at radius 2 is 2.14 bits per heavy atom. The molecule has 7 nitrogen and oxygen atoms in total. The number of nitrogens with one attached hydrogen (secondary N) is 1. The first-order valence-corrected chi connectivity index (χ1v) is 6.39. The van der Waals surface area contributed by atoms with E-state index in [0.29, 0.717) is 23.4 Å². The first kappa shape index (κ1) is 14.7. The number of anilines is 1. The Kier molecular flexibility index (Phi) is 4.32. The lowest BCUT2D eigenvalue weighted by molar-refractivity contribution is -0.119. The Morgan fingerprint density at radius 1 is 1.43 bits per heavy atom. The highest BCUT2D eigenvalue weighted by molar-refractivity contribution is 5.94. The van der Waals surface area contributed by atoms with E-state index in [1.54, 1.807) is 32.0 Å². The molecule has 1 unspecified atom stereocenters. The van der Waals surface area contributed by atoms with Gasteiger partial charge in [0.25, 0.3) is 0 Å². The average Bonchev–Trinajstić information content (AvgIpc) is 2.87. The zero-order valence-corrected chi connectivity index (χ0v) is 12.0. The molecule has 0 fully saturated rings. The number of hydrogen-bond donors (Lipinski definition) is 1. The summed E-state index contributed by atoms with van der Waals surface area (Å²) in [6.07, 6.45) is 0.615. The Balaban J connectivity index is 2.19. The highest BCUT2D eigenvalue weighted by Crippen LogP contribution is 2.24. The minimum Gasteiger partial charge on any atom is -0.495 e. The fourth-order valence-electron chi connectivity index (χ4n) is 1.93. The molecule has 0 aliphatic heterocycles. The van der Waals surface area contributed by atoms with Crippen LogP contribution in [0.15, 0.2) is 24.3 Å². The van der Waals surface area contributed by atoms with E-state index in [1.165, 1.54) is 11.8 Å². The molecule has 7 heteroatoms. The monoisotopic (exact) mass is 288 g/mol. The van der Waals surface area contributed by atoms with Gasteiger partial charge in [0.2, 0.25) is 5.91 Å². The van der Waals surface area contributed by atoms with Crippen LogP contribution in [-0.2, 0) is 4.79 Å². The van der Waals surface area contributed by atoms with E-state index in [1.807, 2.05) is 6.07 Å². The summed E-state index contributed by atoms with van der Waals surface area (Å²) in [6, 6.07) is 6.51. The number of carbonyl (C=O) groups excluding carboxylic acids is 2. The van der Waals surface area contributed by atoms with E-state index in [9.17, 15) is 9.59 Å². The van der Waals surface area contributed by atoms with Gasteiger partial charge < -0.3 is 10.1 Å². The lowest BCUT2D eigenvalue weighted by Gasteiger charge is -2.15. The number of amides is 1. The summed E-state index contributed by atoms with van der Waals surface area (Å²) in [5.41, 5.74) is 1.35. The van der Waals surface area contributed by atoms with Crippen LogP contribution in [0.5, 0.6) is 5.75 Å². The molecule has 1 aromatic carbocycles. The molecule has 0 aliphatic carbocycles. The van der Waals surface area contributed by atoms with Gasteiger partial charge in [-0.25, -0.2) is 4.68 Å². The van der Waals surface area contributed by atoms with E-state index in [-0.39, 0.29) is 11.6 Å². The highest BCUT2D eigenvalue weighted by Gasteiger charge is 2.20. The van der Waals surface area contributed by atoms with Crippen molar-refractivity contribution in [3.8, 4) is 5.75 Å². The first-order valence-electron chi connectivity index (χ1n) is 6.39. The van der Waals surface area contributed by atoms with Crippen molar-refractivity contribution in [2.75, 3.05) is 12.4 Å². The van der Waals surface area contributed by atoms with Crippen LogP contribution in [0.4, 0.5) is 5.69 Å². The molecule has 0 spiro atoms. The standard InChI is InChI=1S/C14H16N4O3/c1-9-12(8-19)16-17-18(9)10(2)14(20)15-11-6-4-5-7-13(11)21-3/h4-8,10H,1-3H3,(H,15,20). The number of hydrogen-bond acceptors (Lipinski definition) is 5. The molecule has 2 aromatic rings. The SMILES string of the molecule is COc1ccccc1NC(=O)C(C)n1nnc(C=O)c1C. The maximum atomic E-state index is 12.3. The van der Waals surface area contributed by atoms with Gasteiger partial charge in [-0.1, -0.05) is 17.3 Å². The van der Waals surface area contributed by atoms with Crippen molar-refractivity contribution in [3.63, 3.8) is 0 Å². The summed E-state index contributed by atoms with van der Waals surface area (Å²) in [7, 11) is 1.53. The number of carbonyl (C=O) groups is 2. The van der Waals surface area contributed by atoms with Gasteiger partial charge in [-0.2, -0.15) is 0 Å². The van der Waals surface area contributed by atoms with Gasteiger partial charge in [0.1, 0.15) is 17.5 Å². The Bertz CT molecular complexity index is 666. The summed E-state index contributed by atoms with van der Waals surface area (Å²) < 4.78 is 6.59. The second kappa shape index (κ2) is 6.17. The Hall–Kier alpha value is -2.70. The number of ether oxygens (including phenoxy) is 1. The second-order valence-electron chi connectivity index (χ2n) is 4.49. The summed E-state index contributed by atoms with van der Waals surface area (Å²) in [5, 5.41) is 10.3. The molecule has 0 aliphatic rings.